The van der Waals surface area contributed by atoms with E-state index >= 15 is 0 Å². The topological polar surface area (TPSA) is 40.5 Å². The number of nitrogens with zero attached hydrogens (tertiary/aromatic N) is 1. The predicted octanol–water partition coefficient (Wildman–Crippen LogP) is 3.37. The fourth-order valence-electron chi connectivity index (χ4n) is 1.61. The van der Waals surface area contributed by atoms with Gasteiger partial charge in [-0.2, -0.15) is 0 Å². The second-order valence-electron chi connectivity index (χ2n) is 3.91. The lowest BCUT2D eigenvalue weighted by Crippen LogP contribution is -2.19. The molecule has 5 heteroatoms. The predicted molar refractivity (Wildman–Crippen MR) is 69.9 cm³/mol. The van der Waals surface area contributed by atoms with Crippen molar-refractivity contribution >= 4 is 33.2 Å². The van der Waals surface area contributed by atoms with E-state index in [9.17, 15) is 4.79 Å². The maximum Gasteiger partial charge on any atom is 0.303 e. The number of carbonyl (C=O) groups is 1. The van der Waals surface area contributed by atoms with Crippen molar-refractivity contribution < 1.29 is 9.90 Å². The van der Waals surface area contributed by atoms with Gasteiger partial charge in [0, 0.05) is 17.3 Å². The van der Waals surface area contributed by atoms with Gasteiger partial charge in [0.2, 0.25) is 0 Å². The first-order chi connectivity index (χ1) is 7.50. The van der Waals surface area contributed by atoms with Crippen LogP contribution in [-0.4, -0.2) is 30.1 Å². The Morgan fingerprint density at radius 2 is 2.25 bits per heavy atom. The van der Waals surface area contributed by atoms with E-state index in [4.69, 9.17) is 5.11 Å². The summed E-state index contributed by atoms with van der Waals surface area (Å²) in [6.07, 6.45) is 1.84. The van der Waals surface area contributed by atoms with Crippen LogP contribution < -0.4 is 0 Å². The van der Waals surface area contributed by atoms with Crippen molar-refractivity contribution in [3.05, 3.63) is 20.8 Å². The number of carboxylic acid groups (broad SMARTS) is 1. The van der Waals surface area contributed by atoms with Crippen LogP contribution in [0.2, 0.25) is 0 Å². The van der Waals surface area contributed by atoms with Gasteiger partial charge in [-0.1, -0.05) is 0 Å². The van der Waals surface area contributed by atoms with Crippen molar-refractivity contribution in [2.45, 2.75) is 25.3 Å². The zero-order valence-electron chi connectivity index (χ0n) is 9.44. The standard InChI is InChI=1S/C11H16BrNO2S/c1-13(2)8(4-3-5-11(14)15)9-6-7-10(12)16-9/h6-8H,3-5H2,1-2H3,(H,14,15). The molecule has 0 bridgehead atoms. The third-order valence-corrected chi connectivity index (χ3v) is 4.14. The number of hydrogen-bond donors (Lipinski definition) is 1. The number of carboxylic acids is 1. The number of rotatable bonds is 6. The van der Waals surface area contributed by atoms with Crippen LogP contribution in [-0.2, 0) is 4.79 Å². The first-order valence-corrected chi connectivity index (χ1v) is 6.75. The normalized spacial score (nSPS) is 13.0. The minimum Gasteiger partial charge on any atom is -0.481 e. The van der Waals surface area contributed by atoms with Crippen molar-refractivity contribution in [2.24, 2.45) is 0 Å². The second kappa shape index (κ2) is 6.37. The summed E-state index contributed by atoms with van der Waals surface area (Å²) in [5, 5.41) is 8.62. The molecule has 1 aromatic rings. The zero-order chi connectivity index (χ0) is 12.1. The Morgan fingerprint density at radius 3 is 2.69 bits per heavy atom. The Labute approximate surface area is 108 Å². The summed E-state index contributed by atoms with van der Waals surface area (Å²) in [5.41, 5.74) is 0. The molecule has 0 fully saturated rings. The van der Waals surface area contributed by atoms with Crippen molar-refractivity contribution in [1.82, 2.24) is 4.90 Å². The van der Waals surface area contributed by atoms with Gasteiger partial charge in [0.05, 0.1) is 3.79 Å². The molecule has 1 rings (SSSR count). The molecule has 1 heterocycles. The molecular formula is C11H16BrNO2S. The summed E-state index contributed by atoms with van der Waals surface area (Å²) >= 11 is 5.16. The summed E-state index contributed by atoms with van der Waals surface area (Å²) in [6, 6.07) is 4.45. The highest BCUT2D eigenvalue weighted by Gasteiger charge is 2.16. The maximum atomic E-state index is 10.5. The van der Waals surface area contributed by atoms with Crippen molar-refractivity contribution in [2.75, 3.05) is 14.1 Å². The summed E-state index contributed by atoms with van der Waals surface area (Å²) in [4.78, 5) is 13.9. The van der Waals surface area contributed by atoms with Crippen LogP contribution in [0.3, 0.4) is 0 Å². The summed E-state index contributed by atoms with van der Waals surface area (Å²) in [5.74, 6) is -0.718. The van der Waals surface area contributed by atoms with Gasteiger partial charge >= 0.3 is 5.97 Å². The highest BCUT2D eigenvalue weighted by atomic mass is 79.9. The van der Waals surface area contributed by atoms with E-state index in [1.54, 1.807) is 11.3 Å². The van der Waals surface area contributed by atoms with Crippen molar-refractivity contribution in [3.8, 4) is 0 Å². The molecular weight excluding hydrogens is 290 g/mol. The van der Waals surface area contributed by atoms with Gasteiger partial charge in [0.1, 0.15) is 0 Å². The van der Waals surface area contributed by atoms with Gasteiger partial charge in [-0.05, 0) is 55.0 Å². The molecule has 1 N–H and O–H groups in total. The minimum atomic E-state index is -0.718. The molecule has 0 spiro atoms. The third kappa shape index (κ3) is 4.23. The lowest BCUT2D eigenvalue weighted by Gasteiger charge is -2.22. The minimum absolute atomic E-state index is 0.247. The van der Waals surface area contributed by atoms with E-state index in [0.717, 1.165) is 10.2 Å². The number of aliphatic carboxylic acids is 1. The van der Waals surface area contributed by atoms with Gasteiger partial charge < -0.3 is 10.0 Å². The highest BCUT2D eigenvalue weighted by molar-refractivity contribution is 9.11. The molecule has 0 aliphatic carbocycles. The molecule has 0 saturated carbocycles. The third-order valence-electron chi connectivity index (χ3n) is 2.41. The SMILES string of the molecule is CN(C)C(CCCC(=O)O)c1ccc(Br)s1. The van der Waals surface area contributed by atoms with Gasteiger partial charge in [-0.3, -0.25) is 4.79 Å². The summed E-state index contributed by atoms with van der Waals surface area (Å²) in [6.45, 7) is 0. The van der Waals surface area contributed by atoms with Crippen LogP contribution in [0.1, 0.15) is 30.2 Å². The van der Waals surface area contributed by atoms with Crippen LogP contribution in [0.4, 0.5) is 0 Å². The van der Waals surface area contributed by atoms with Crippen LogP contribution in [0.15, 0.2) is 15.9 Å². The maximum absolute atomic E-state index is 10.5. The number of halogens is 1. The van der Waals surface area contributed by atoms with Crippen LogP contribution >= 0.6 is 27.3 Å². The van der Waals surface area contributed by atoms with Crippen LogP contribution in [0.5, 0.6) is 0 Å². The number of thiophene rings is 1. The molecule has 90 valence electrons. The van der Waals surface area contributed by atoms with Gasteiger partial charge in [0.15, 0.2) is 0 Å². The van der Waals surface area contributed by atoms with Gasteiger partial charge in [-0.25, -0.2) is 0 Å². The molecule has 0 saturated heterocycles. The van der Waals surface area contributed by atoms with E-state index < -0.39 is 5.97 Å². The van der Waals surface area contributed by atoms with E-state index in [-0.39, 0.29) is 6.42 Å². The molecule has 1 aromatic heterocycles. The van der Waals surface area contributed by atoms with Crippen molar-refractivity contribution in [3.63, 3.8) is 0 Å². The van der Waals surface area contributed by atoms with E-state index in [0.29, 0.717) is 12.5 Å². The smallest absolute Gasteiger partial charge is 0.303 e. The quantitative estimate of drug-likeness (QED) is 0.876. The fourth-order valence-corrected chi connectivity index (χ4v) is 3.26. The van der Waals surface area contributed by atoms with Crippen LogP contribution in [0.25, 0.3) is 0 Å². The highest BCUT2D eigenvalue weighted by Crippen LogP contribution is 2.32. The molecule has 0 aliphatic rings. The fraction of sp³-hybridized carbons (Fsp3) is 0.545. The second-order valence-corrected chi connectivity index (χ2v) is 6.40. The van der Waals surface area contributed by atoms with Crippen molar-refractivity contribution in [1.29, 1.82) is 0 Å². The average molecular weight is 306 g/mol. The Morgan fingerprint density at radius 1 is 1.56 bits per heavy atom. The molecule has 0 aliphatic heterocycles. The Hall–Kier alpha value is -0.390. The molecule has 1 atom stereocenters. The summed E-state index contributed by atoms with van der Waals surface area (Å²) < 4.78 is 1.12. The number of hydrogen-bond acceptors (Lipinski definition) is 3. The van der Waals surface area contributed by atoms with E-state index in [1.165, 1.54) is 4.88 Å². The average Bonchev–Trinajstić information content (AvgIpc) is 2.58. The Bertz CT molecular complexity index is 352. The molecule has 16 heavy (non-hydrogen) atoms. The zero-order valence-corrected chi connectivity index (χ0v) is 11.8. The molecule has 0 radical (unpaired) electrons. The molecule has 0 aromatic carbocycles. The largest absolute Gasteiger partial charge is 0.481 e. The van der Waals surface area contributed by atoms with Gasteiger partial charge in [0.25, 0.3) is 0 Å². The summed E-state index contributed by atoms with van der Waals surface area (Å²) in [7, 11) is 4.05. The molecule has 1 unspecified atom stereocenters. The van der Waals surface area contributed by atoms with Gasteiger partial charge in [-0.15, -0.1) is 11.3 Å². The first-order valence-electron chi connectivity index (χ1n) is 5.14. The lowest BCUT2D eigenvalue weighted by atomic mass is 10.1. The van der Waals surface area contributed by atoms with E-state index in [2.05, 4.69) is 26.9 Å². The Kier molecular flexibility index (Phi) is 5.44. The Balaban J connectivity index is 2.58. The van der Waals surface area contributed by atoms with Crippen LogP contribution in [0, 0.1) is 0 Å². The lowest BCUT2D eigenvalue weighted by molar-refractivity contribution is -0.137. The monoisotopic (exact) mass is 305 g/mol. The molecule has 0 amide bonds. The first kappa shape index (κ1) is 13.7. The molecule has 3 nitrogen and oxygen atoms in total. The van der Waals surface area contributed by atoms with E-state index in [1.807, 2.05) is 20.2 Å².